The van der Waals surface area contributed by atoms with Gasteiger partial charge in [0.2, 0.25) is 0 Å². The van der Waals surface area contributed by atoms with E-state index < -0.39 is 0 Å². The Kier molecular flexibility index (Phi) is 4.32. The fourth-order valence-corrected chi connectivity index (χ4v) is 2.07. The predicted molar refractivity (Wildman–Crippen MR) is 85.5 cm³/mol. The summed E-state index contributed by atoms with van der Waals surface area (Å²) in [6.45, 7) is 1.34. The molecule has 0 aliphatic rings. The summed E-state index contributed by atoms with van der Waals surface area (Å²) in [5.74, 6) is 0. The Morgan fingerprint density at radius 3 is 2.30 bits per heavy atom. The minimum absolute atomic E-state index is 0.628. The minimum Gasteiger partial charge on any atom is -0.399 e. The topological polar surface area (TPSA) is 99.3 Å². The van der Waals surface area contributed by atoms with E-state index in [0.717, 1.165) is 16.8 Å². The van der Waals surface area contributed by atoms with Crippen LogP contribution in [-0.4, -0.2) is 20.3 Å². The molecule has 106 valence electrons. The molecule has 5 nitrogen and oxygen atoms in total. The molecule has 0 bridgehead atoms. The van der Waals surface area contributed by atoms with Gasteiger partial charge in [0.1, 0.15) is 0 Å². The highest BCUT2D eigenvalue weighted by Gasteiger charge is 2.07. The lowest BCUT2D eigenvalue weighted by molar-refractivity contribution is 0.211. The fourth-order valence-electron chi connectivity index (χ4n) is 2.07. The molecule has 20 heavy (non-hydrogen) atoms. The van der Waals surface area contributed by atoms with Gasteiger partial charge < -0.3 is 27.3 Å². The number of anilines is 4. The van der Waals surface area contributed by atoms with Crippen molar-refractivity contribution in [3.63, 3.8) is 0 Å². The van der Waals surface area contributed by atoms with Crippen LogP contribution in [0.2, 0.25) is 0 Å². The van der Waals surface area contributed by atoms with Gasteiger partial charge in [-0.2, -0.15) is 0 Å². The van der Waals surface area contributed by atoms with E-state index in [4.69, 9.17) is 21.9 Å². The van der Waals surface area contributed by atoms with Crippen molar-refractivity contribution in [1.82, 2.24) is 0 Å². The molecular weight excluding hydrogens is 252 g/mol. The molecule has 2 aromatic rings. The highest BCUT2D eigenvalue weighted by molar-refractivity contribution is 5.83. The zero-order chi connectivity index (χ0) is 14.5. The van der Waals surface area contributed by atoms with Crippen LogP contribution in [0.25, 0.3) is 11.1 Å². The number of hydrogen-bond donors (Lipinski definition) is 4. The van der Waals surface area contributed by atoms with Crippen molar-refractivity contribution in [3.05, 3.63) is 36.4 Å². The Bertz CT molecular complexity index is 578. The number of benzene rings is 2. The standard InChI is InChI=1S/C15H20N4O/c1-20-5-4-19-15-3-2-11(16)9-14(15)10-6-12(17)8-13(18)7-10/h2-3,6-9,19H,4-5,16-18H2,1H3. The molecule has 2 rings (SSSR count). The molecule has 0 atom stereocenters. The summed E-state index contributed by atoms with van der Waals surface area (Å²) in [5.41, 5.74) is 22.4. The van der Waals surface area contributed by atoms with Crippen LogP contribution in [0.5, 0.6) is 0 Å². The van der Waals surface area contributed by atoms with Crippen molar-refractivity contribution < 1.29 is 4.74 Å². The van der Waals surface area contributed by atoms with Gasteiger partial charge in [-0.25, -0.2) is 0 Å². The molecule has 0 spiro atoms. The van der Waals surface area contributed by atoms with Gasteiger partial charge in [-0.3, -0.25) is 0 Å². The van der Waals surface area contributed by atoms with Crippen molar-refractivity contribution in [1.29, 1.82) is 0 Å². The first-order chi connectivity index (χ1) is 9.60. The van der Waals surface area contributed by atoms with Crippen LogP contribution in [0, 0.1) is 0 Å². The maximum atomic E-state index is 5.88. The average Bonchev–Trinajstić information content (AvgIpc) is 2.39. The Balaban J connectivity index is 2.40. The quantitative estimate of drug-likeness (QED) is 0.494. The third kappa shape index (κ3) is 3.33. The largest absolute Gasteiger partial charge is 0.399 e. The smallest absolute Gasteiger partial charge is 0.0635 e. The SMILES string of the molecule is COCCNc1ccc(N)cc1-c1cc(N)cc(N)c1. The van der Waals surface area contributed by atoms with Gasteiger partial charge in [-0.1, -0.05) is 0 Å². The molecule has 0 fully saturated rings. The molecule has 0 radical (unpaired) electrons. The van der Waals surface area contributed by atoms with Crippen LogP contribution < -0.4 is 22.5 Å². The fraction of sp³-hybridized carbons (Fsp3) is 0.200. The molecule has 0 aliphatic heterocycles. The third-order valence-corrected chi connectivity index (χ3v) is 2.95. The molecular formula is C15H20N4O. The van der Waals surface area contributed by atoms with Gasteiger partial charge in [0.15, 0.2) is 0 Å². The van der Waals surface area contributed by atoms with E-state index in [9.17, 15) is 0 Å². The zero-order valence-corrected chi connectivity index (χ0v) is 11.5. The molecule has 7 N–H and O–H groups in total. The number of nitrogens with one attached hydrogen (secondary N) is 1. The number of nitrogens with two attached hydrogens (primary N) is 3. The molecule has 0 saturated carbocycles. The van der Waals surface area contributed by atoms with Crippen molar-refractivity contribution in [2.75, 3.05) is 42.8 Å². The highest BCUT2D eigenvalue weighted by atomic mass is 16.5. The summed E-state index contributed by atoms with van der Waals surface area (Å²) in [4.78, 5) is 0. The summed E-state index contributed by atoms with van der Waals surface area (Å²) >= 11 is 0. The van der Waals surface area contributed by atoms with Crippen LogP contribution in [0.3, 0.4) is 0 Å². The molecule has 0 heterocycles. The molecule has 0 amide bonds. The molecule has 0 saturated heterocycles. The Morgan fingerprint density at radius 1 is 0.950 bits per heavy atom. The summed E-state index contributed by atoms with van der Waals surface area (Å²) in [6.07, 6.45) is 0. The van der Waals surface area contributed by atoms with Crippen molar-refractivity contribution in [3.8, 4) is 11.1 Å². The van der Waals surface area contributed by atoms with E-state index in [1.165, 1.54) is 0 Å². The van der Waals surface area contributed by atoms with E-state index >= 15 is 0 Å². The van der Waals surface area contributed by atoms with Crippen LogP contribution in [-0.2, 0) is 4.74 Å². The lowest BCUT2D eigenvalue weighted by Crippen LogP contribution is -2.08. The van der Waals surface area contributed by atoms with Crippen molar-refractivity contribution in [2.45, 2.75) is 0 Å². The van der Waals surface area contributed by atoms with E-state index in [1.54, 1.807) is 13.2 Å². The molecule has 0 unspecified atom stereocenters. The van der Waals surface area contributed by atoms with Crippen LogP contribution >= 0.6 is 0 Å². The number of rotatable bonds is 5. The highest BCUT2D eigenvalue weighted by Crippen LogP contribution is 2.32. The maximum absolute atomic E-state index is 5.88. The predicted octanol–water partition coefficient (Wildman–Crippen LogP) is 2.16. The summed E-state index contributed by atoms with van der Waals surface area (Å²) in [5, 5.41) is 3.32. The molecule has 0 aromatic heterocycles. The molecule has 0 aliphatic carbocycles. The monoisotopic (exact) mass is 272 g/mol. The van der Waals surface area contributed by atoms with Crippen molar-refractivity contribution in [2.24, 2.45) is 0 Å². The summed E-state index contributed by atoms with van der Waals surface area (Å²) in [7, 11) is 1.67. The Hall–Kier alpha value is -2.40. The van der Waals surface area contributed by atoms with Crippen LogP contribution in [0.1, 0.15) is 0 Å². The first kappa shape index (κ1) is 14.0. The third-order valence-electron chi connectivity index (χ3n) is 2.95. The molecule has 5 heteroatoms. The van der Waals surface area contributed by atoms with E-state index in [1.807, 2.05) is 30.3 Å². The van der Waals surface area contributed by atoms with E-state index in [-0.39, 0.29) is 0 Å². The van der Waals surface area contributed by atoms with E-state index in [2.05, 4.69) is 5.32 Å². The normalized spacial score (nSPS) is 10.4. The van der Waals surface area contributed by atoms with E-state index in [0.29, 0.717) is 30.2 Å². The minimum atomic E-state index is 0.628. The Morgan fingerprint density at radius 2 is 1.65 bits per heavy atom. The number of ether oxygens (including phenoxy) is 1. The van der Waals surface area contributed by atoms with Gasteiger partial charge >= 0.3 is 0 Å². The number of hydrogen-bond acceptors (Lipinski definition) is 5. The van der Waals surface area contributed by atoms with Crippen molar-refractivity contribution >= 4 is 22.7 Å². The Labute approximate surface area is 118 Å². The second-order valence-electron chi connectivity index (χ2n) is 4.61. The molecule has 2 aromatic carbocycles. The summed E-state index contributed by atoms with van der Waals surface area (Å²) < 4.78 is 5.04. The van der Waals surface area contributed by atoms with Gasteiger partial charge in [0.05, 0.1) is 6.61 Å². The van der Waals surface area contributed by atoms with Crippen LogP contribution in [0.4, 0.5) is 22.7 Å². The zero-order valence-electron chi connectivity index (χ0n) is 11.5. The lowest BCUT2D eigenvalue weighted by atomic mass is 10.0. The van der Waals surface area contributed by atoms with Crippen LogP contribution in [0.15, 0.2) is 36.4 Å². The van der Waals surface area contributed by atoms with Gasteiger partial charge in [-0.05, 0) is 42.0 Å². The number of methoxy groups -OCH3 is 1. The van der Waals surface area contributed by atoms with Gasteiger partial charge in [0, 0.05) is 42.0 Å². The van der Waals surface area contributed by atoms with Gasteiger partial charge in [-0.15, -0.1) is 0 Å². The first-order valence-electron chi connectivity index (χ1n) is 6.39. The number of nitrogen functional groups attached to an aromatic ring is 3. The summed E-state index contributed by atoms with van der Waals surface area (Å²) in [6, 6.07) is 11.2. The van der Waals surface area contributed by atoms with Gasteiger partial charge in [0.25, 0.3) is 0 Å². The lowest BCUT2D eigenvalue weighted by Gasteiger charge is -2.14. The first-order valence-corrected chi connectivity index (χ1v) is 6.39. The second kappa shape index (κ2) is 6.16. The maximum Gasteiger partial charge on any atom is 0.0635 e. The average molecular weight is 272 g/mol. The second-order valence-corrected chi connectivity index (χ2v) is 4.61.